The van der Waals surface area contributed by atoms with E-state index in [1.165, 1.54) is 12.1 Å². The van der Waals surface area contributed by atoms with Gasteiger partial charge in [0.25, 0.3) is 0 Å². The molecule has 0 bridgehead atoms. The van der Waals surface area contributed by atoms with Crippen LogP contribution in [0.4, 0.5) is 4.39 Å². The van der Waals surface area contributed by atoms with Crippen molar-refractivity contribution < 1.29 is 9.18 Å². The fourth-order valence-electron chi connectivity index (χ4n) is 1.22. The van der Waals surface area contributed by atoms with Gasteiger partial charge in [-0.3, -0.25) is 4.79 Å². The third-order valence-corrected chi connectivity index (χ3v) is 2.49. The highest BCUT2D eigenvalue weighted by Crippen LogP contribution is 2.20. The molecule has 1 atom stereocenters. The van der Waals surface area contributed by atoms with Gasteiger partial charge in [0, 0.05) is 12.0 Å². The van der Waals surface area contributed by atoms with Crippen molar-refractivity contribution in [3.05, 3.63) is 34.6 Å². The molecule has 2 N–H and O–H groups in total. The zero-order chi connectivity index (χ0) is 11.4. The van der Waals surface area contributed by atoms with Gasteiger partial charge >= 0.3 is 0 Å². The molecule has 0 spiro atoms. The van der Waals surface area contributed by atoms with E-state index in [-0.39, 0.29) is 22.3 Å². The first-order chi connectivity index (χ1) is 7.04. The van der Waals surface area contributed by atoms with Crippen LogP contribution < -0.4 is 5.73 Å². The summed E-state index contributed by atoms with van der Waals surface area (Å²) in [5, 5.41) is 0.283. The third-order valence-electron chi connectivity index (χ3n) is 2.17. The predicted octanol–water partition coefficient (Wildman–Crippen LogP) is 2.65. The van der Waals surface area contributed by atoms with Gasteiger partial charge in [-0.1, -0.05) is 18.5 Å². The summed E-state index contributed by atoms with van der Waals surface area (Å²) in [6, 6.07) is 3.77. The topological polar surface area (TPSA) is 43.1 Å². The molecule has 0 fully saturated rings. The van der Waals surface area contributed by atoms with E-state index in [0.29, 0.717) is 13.0 Å². The number of ketones is 1. The van der Waals surface area contributed by atoms with Crippen LogP contribution in [0.5, 0.6) is 0 Å². The number of carbonyl (C=O) groups excluding carboxylic acids is 1. The van der Waals surface area contributed by atoms with Crippen molar-refractivity contribution >= 4 is 17.4 Å². The average Bonchev–Trinajstić information content (AvgIpc) is 2.21. The quantitative estimate of drug-likeness (QED) is 0.807. The highest BCUT2D eigenvalue weighted by atomic mass is 35.5. The van der Waals surface area contributed by atoms with Crippen LogP contribution in [0.2, 0.25) is 5.02 Å². The van der Waals surface area contributed by atoms with Gasteiger partial charge in [-0.15, -0.1) is 0 Å². The molecule has 0 aliphatic heterocycles. The minimum atomic E-state index is -0.455. The van der Waals surface area contributed by atoms with Gasteiger partial charge in [-0.25, -0.2) is 4.39 Å². The third kappa shape index (κ3) is 3.29. The molecule has 1 aromatic carbocycles. The Morgan fingerprint density at radius 2 is 2.27 bits per heavy atom. The molecule has 0 heterocycles. The smallest absolute Gasteiger partial charge is 0.164 e. The number of rotatable bonds is 4. The minimum Gasteiger partial charge on any atom is -0.330 e. The number of Topliss-reactive ketones (excluding diaryl/α,β-unsaturated/α-hetero) is 1. The molecule has 0 aliphatic rings. The van der Waals surface area contributed by atoms with Crippen LogP contribution >= 0.6 is 11.6 Å². The van der Waals surface area contributed by atoms with Crippen molar-refractivity contribution in [2.75, 3.05) is 6.54 Å². The van der Waals surface area contributed by atoms with Gasteiger partial charge in [0.15, 0.2) is 5.78 Å². The molecule has 1 rings (SSSR count). The Labute approximate surface area is 93.2 Å². The van der Waals surface area contributed by atoms with Crippen LogP contribution in [0.3, 0.4) is 0 Å². The van der Waals surface area contributed by atoms with Gasteiger partial charge in [-0.2, -0.15) is 0 Å². The minimum absolute atomic E-state index is 0.0804. The second-order valence-electron chi connectivity index (χ2n) is 3.59. The van der Waals surface area contributed by atoms with E-state index in [4.69, 9.17) is 17.3 Å². The van der Waals surface area contributed by atoms with Crippen LogP contribution in [0.1, 0.15) is 23.7 Å². The molecule has 15 heavy (non-hydrogen) atoms. The summed E-state index contributed by atoms with van der Waals surface area (Å²) in [5.41, 5.74) is 5.64. The van der Waals surface area contributed by atoms with Crippen molar-refractivity contribution in [1.29, 1.82) is 0 Å². The molecular weight excluding hydrogens is 217 g/mol. The number of hydrogen-bond donors (Lipinski definition) is 1. The Hall–Kier alpha value is -0.930. The summed E-state index contributed by atoms with van der Waals surface area (Å²) in [6.45, 7) is 2.30. The van der Waals surface area contributed by atoms with E-state index in [1.807, 2.05) is 6.92 Å². The van der Waals surface area contributed by atoms with Crippen LogP contribution in [-0.4, -0.2) is 12.3 Å². The molecule has 0 aliphatic carbocycles. The summed E-state index contributed by atoms with van der Waals surface area (Å²) >= 11 is 5.80. The number of carbonyl (C=O) groups is 1. The highest BCUT2D eigenvalue weighted by molar-refractivity contribution is 6.33. The van der Waals surface area contributed by atoms with Gasteiger partial charge in [0.05, 0.1) is 5.02 Å². The summed E-state index contributed by atoms with van der Waals surface area (Å²) in [6.07, 6.45) is 0.291. The van der Waals surface area contributed by atoms with Crippen LogP contribution in [0.15, 0.2) is 18.2 Å². The van der Waals surface area contributed by atoms with E-state index in [9.17, 15) is 9.18 Å². The highest BCUT2D eigenvalue weighted by Gasteiger charge is 2.14. The fraction of sp³-hybridized carbons (Fsp3) is 0.364. The summed E-state index contributed by atoms with van der Waals surface area (Å²) in [7, 11) is 0. The molecule has 82 valence electrons. The Bertz CT molecular complexity index is 368. The molecule has 0 aromatic heterocycles. The first-order valence-electron chi connectivity index (χ1n) is 4.73. The van der Waals surface area contributed by atoms with E-state index in [2.05, 4.69) is 0 Å². The number of hydrogen-bond acceptors (Lipinski definition) is 2. The van der Waals surface area contributed by atoms with Gasteiger partial charge in [0.2, 0.25) is 0 Å². The lowest BCUT2D eigenvalue weighted by Gasteiger charge is -2.08. The molecule has 1 unspecified atom stereocenters. The Kier molecular flexibility index (Phi) is 4.24. The second-order valence-corrected chi connectivity index (χ2v) is 4.00. The lowest BCUT2D eigenvalue weighted by molar-refractivity contribution is 0.0965. The zero-order valence-corrected chi connectivity index (χ0v) is 9.22. The Morgan fingerprint density at radius 1 is 1.60 bits per heavy atom. The molecule has 4 heteroatoms. The normalized spacial score (nSPS) is 12.5. The Morgan fingerprint density at radius 3 is 2.87 bits per heavy atom. The maximum atomic E-state index is 12.9. The first-order valence-corrected chi connectivity index (χ1v) is 5.10. The lowest BCUT2D eigenvalue weighted by atomic mass is 10.00. The van der Waals surface area contributed by atoms with E-state index < -0.39 is 5.82 Å². The first kappa shape index (κ1) is 12.1. The van der Waals surface area contributed by atoms with Crippen LogP contribution in [0, 0.1) is 11.7 Å². The van der Waals surface area contributed by atoms with E-state index in [1.54, 1.807) is 0 Å². The zero-order valence-electron chi connectivity index (χ0n) is 8.47. The Balaban J connectivity index is 2.86. The maximum absolute atomic E-state index is 12.9. The van der Waals surface area contributed by atoms with Gasteiger partial charge < -0.3 is 5.73 Å². The van der Waals surface area contributed by atoms with Crippen molar-refractivity contribution in [2.45, 2.75) is 13.3 Å². The lowest BCUT2D eigenvalue weighted by Crippen LogP contribution is -2.15. The SMILES string of the molecule is CC(CN)CC(=O)c1cc(F)ccc1Cl. The monoisotopic (exact) mass is 229 g/mol. The number of halogens is 2. The van der Waals surface area contributed by atoms with E-state index >= 15 is 0 Å². The molecule has 1 aromatic rings. The second kappa shape index (κ2) is 5.24. The number of benzene rings is 1. The molecule has 0 radical (unpaired) electrons. The molecule has 0 saturated carbocycles. The molecule has 2 nitrogen and oxygen atoms in total. The maximum Gasteiger partial charge on any atom is 0.164 e. The average molecular weight is 230 g/mol. The largest absolute Gasteiger partial charge is 0.330 e. The summed E-state index contributed by atoms with van der Waals surface area (Å²) in [5.74, 6) is -0.544. The molecule has 0 amide bonds. The van der Waals surface area contributed by atoms with Gasteiger partial charge in [0.1, 0.15) is 5.82 Å². The summed E-state index contributed by atoms with van der Waals surface area (Å²) < 4.78 is 12.9. The molecular formula is C11H13ClFNO. The van der Waals surface area contributed by atoms with Crippen molar-refractivity contribution in [3.63, 3.8) is 0 Å². The molecule has 0 saturated heterocycles. The van der Waals surface area contributed by atoms with Crippen LogP contribution in [0.25, 0.3) is 0 Å². The number of nitrogens with two attached hydrogens (primary N) is 1. The fourth-order valence-corrected chi connectivity index (χ4v) is 1.44. The van der Waals surface area contributed by atoms with Crippen molar-refractivity contribution in [3.8, 4) is 0 Å². The standard InChI is InChI=1S/C11H13ClFNO/c1-7(6-14)4-11(15)9-5-8(13)2-3-10(9)12/h2-3,5,7H,4,6,14H2,1H3. The van der Waals surface area contributed by atoms with E-state index in [0.717, 1.165) is 6.07 Å². The summed E-state index contributed by atoms with van der Waals surface area (Å²) in [4.78, 5) is 11.7. The van der Waals surface area contributed by atoms with Crippen LogP contribution in [-0.2, 0) is 0 Å². The van der Waals surface area contributed by atoms with Crippen molar-refractivity contribution in [1.82, 2.24) is 0 Å². The predicted molar refractivity (Wildman–Crippen MR) is 58.6 cm³/mol. The van der Waals surface area contributed by atoms with Gasteiger partial charge in [-0.05, 0) is 30.7 Å². The van der Waals surface area contributed by atoms with Crippen molar-refractivity contribution in [2.24, 2.45) is 11.7 Å².